The summed E-state index contributed by atoms with van der Waals surface area (Å²) in [6, 6.07) is 15.1. The van der Waals surface area contributed by atoms with Crippen molar-refractivity contribution in [3.8, 4) is 0 Å². The fraction of sp³-hybridized carbons (Fsp3) is 0. The van der Waals surface area contributed by atoms with Crippen molar-refractivity contribution in [1.29, 1.82) is 0 Å². The first-order valence-corrected chi connectivity index (χ1v) is 7.33. The molecule has 0 fully saturated rings. The van der Waals surface area contributed by atoms with Gasteiger partial charge in [0.15, 0.2) is 5.11 Å². The van der Waals surface area contributed by atoms with Gasteiger partial charge >= 0.3 is 0 Å². The maximum absolute atomic E-state index is 6.02. The molecule has 0 aromatic heterocycles. The maximum Gasteiger partial charge on any atom is 0.191 e. The summed E-state index contributed by atoms with van der Waals surface area (Å²) in [5.74, 6) is 0. The van der Waals surface area contributed by atoms with Crippen molar-refractivity contribution in [3.05, 3.63) is 63.6 Å². The molecule has 3 nitrogen and oxygen atoms in total. The average Bonchev–Trinajstić information content (AvgIpc) is 2.44. The van der Waals surface area contributed by atoms with Gasteiger partial charge < -0.3 is 5.32 Å². The molecule has 2 aromatic rings. The molecule has 0 aliphatic carbocycles. The Morgan fingerprint density at radius 3 is 2.55 bits per heavy atom. The zero-order chi connectivity index (χ0) is 14.4. The molecule has 2 N–H and O–H groups in total. The van der Waals surface area contributed by atoms with E-state index in [2.05, 4.69) is 31.8 Å². The summed E-state index contributed by atoms with van der Waals surface area (Å²) in [5, 5.41) is 8.02. The van der Waals surface area contributed by atoms with Crippen molar-refractivity contribution in [2.75, 3.05) is 5.32 Å². The standard InChI is InChI=1S/C14H11BrClN3S/c15-11-7-5-10(6-8-11)9-17-19-14(20)18-13-4-2-1-3-12(13)16/h1-9H,(H2,18,19,20)/b17-9+. The van der Waals surface area contributed by atoms with Gasteiger partial charge in [-0.05, 0) is 42.0 Å². The van der Waals surface area contributed by atoms with Crippen molar-refractivity contribution in [3.63, 3.8) is 0 Å². The van der Waals surface area contributed by atoms with E-state index in [9.17, 15) is 0 Å². The number of rotatable bonds is 3. The predicted molar refractivity (Wildman–Crippen MR) is 92.5 cm³/mol. The van der Waals surface area contributed by atoms with Gasteiger partial charge in [-0.3, -0.25) is 5.43 Å². The van der Waals surface area contributed by atoms with E-state index in [1.807, 2.05) is 42.5 Å². The van der Waals surface area contributed by atoms with E-state index in [1.54, 1.807) is 12.3 Å². The molecule has 0 atom stereocenters. The molecular weight excluding hydrogens is 358 g/mol. The van der Waals surface area contributed by atoms with Crippen molar-refractivity contribution in [2.24, 2.45) is 5.10 Å². The Balaban J connectivity index is 1.89. The summed E-state index contributed by atoms with van der Waals surface area (Å²) >= 11 is 14.5. The molecule has 0 amide bonds. The highest BCUT2D eigenvalue weighted by Crippen LogP contribution is 2.20. The molecular formula is C14H11BrClN3S. The Kier molecular flexibility index (Phi) is 5.52. The number of benzene rings is 2. The van der Waals surface area contributed by atoms with Crippen molar-refractivity contribution in [1.82, 2.24) is 5.43 Å². The number of halogens is 2. The van der Waals surface area contributed by atoms with E-state index in [-0.39, 0.29) is 0 Å². The highest BCUT2D eigenvalue weighted by atomic mass is 79.9. The van der Waals surface area contributed by atoms with Crippen LogP contribution in [0.4, 0.5) is 5.69 Å². The SMILES string of the molecule is S=C(N/N=C/c1ccc(Br)cc1)Nc1ccccc1Cl. The predicted octanol–water partition coefficient (Wildman–Crippen LogP) is 4.42. The second-order valence-corrected chi connectivity index (χ2v) is 5.59. The molecule has 20 heavy (non-hydrogen) atoms. The van der Waals surface area contributed by atoms with Gasteiger partial charge in [0, 0.05) is 4.47 Å². The number of nitrogens with zero attached hydrogens (tertiary/aromatic N) is 1. The fourth-order valence-electron chi connectivity index (χ4n) is 1.43. The number of hydrogen-bond acceptors (Lipinski definition) is 2. The minimum absolute atomic E-state index is 0.381. The minimum Gasteiger partial charge on any atom is -0.330 e. The van der Waals surface area contributed by atoms with Crippen molar-refractivity contribution in [2.45, 2.75) is 0 Å². The number of para-hydroxylation sites is 1. The van der Waals surface area contributed by atoms with Crippen LogP contribution in [0.3, 0.4) is 0 Å². The van der Waals surface area contributed by atoms with Gasteiger partial charge in [-0.25, -0.2) is 0 Å². The second-order valence-electron chi connectivity index (χ2n) is 3.86. The minimum atomic E-state index is 0.381. The molecule has 0 saturated carbocycles. The molecule has 102 valence electrons. The first-order chi connectivity index (χ1) is 9.65. The van der Waals surface area contributed by atoms with Crippen LogP contribution in [-0.4, -0.2) is 11.3 Å². The van der Waals surface area contributed by atoms with Crippen LogP contribution in [0.25, 0.3) is 0 Å². The first-order valence-electron chi connectivity index (χ1n) is 5.75. The number of thiocarbonyl (C=S) groups is 1. The highest BCUT2D eigenvalue weighted by Gasteiger charge is 2.00. The second kappa shape index (κ2) is 7.38. The van der Waals surface area contributed by atoms with Gasteiger partial charge in [0.1, 0.15) is 0 Å². The average molecular weight is 369 g/mol. The highest BCUT2D eigenvalue weighted by molar-refractivity contribution is 9.10. The molecule has 0 bridgehead atoms. The number of hydrazone groups is 1. The van der Waals surface area contributed by atoms with Crippen LogP contribution in [0.1, 0.15) is 5.56 Å². The largest absolute Gasteiger partial charge is 0.330 e. The molecule has 0 radical (unpaired) electrons. The van der Waals surface area contributed by atoms with E-state index >= 15 is 0 Å². The molecule has 0 aliphatic heterocycles. The van der Waals surface area contributed by atoms with Gasteiger partial charge in [0.05, 0.1) is 16.9 Å². The lowest BCUT2D eigenvalue weighted by Gasteiger charge is -2.08. The van der Waals surface area contributed by atoms with Crippen LogP contribution in [0.15, 0.2) is 58.1 Å². The first kappa shape index (κ1) is 15.0. The Bertz CT molecular complexity index is 629. The molecule has 2 aromatic carbocycles. The summed E-state index contributed by atoms with van der Waals surface area (Å²) in [7, 11) is 0. The Morgan fingerprint density at radius 1 is 1.15 bits per heavy atom. The third-order valence-corrected chi connectivity index (χ3v) is 3.42. The van der Waals surface area contributed by atoms with E-state index in [0.717, 1.165) is 15.7 Å². The Hall–Kier alpha value is -1.43. The third kappa shape index (κ3) is 4.59. The zero-order valence-electron chi connectivity index (χ0n) is 10.3. The molecule has 0 spiro atoms. The number of hydrogen-bond donors (Lipinski definition) is 2. The van der Waals surface area contributed by atoms with E-state index < -0.39 is 0 Å². The fourth-order valence-corrected chi connectivity index (χ4v) is 2.04. The smallest absolute Gasteiger partial charge is 0.191 e. The van der Waals surface area contributed by atoms with Crippen LogP contribution >= 0.6 is 39.7 Å². The lowest BCUT2D eigenvalue weighted by molar-refractivity contribution is 1.05. The van der Waals surface area contributed by atoms with E-state index in [4.69, 9.17) is 23.8 Å². The third-order valence-electron chi connectivity index (χ3n) is 2.37. The molecule has 0 aliphatic rings. The molecule has 2 rings (SSSR count). The molecule has 0 saturated heterocycles. The quantitative estimate of drug-likeness (QED) is 0.478. The van der Waals surface area contributed by atoms with Crippen LogP contribution in [0.2, 0.25) is 5.02 Å². The van der Waals surface area contributed by atoms with Crippen LogP contribution in [0, 0.1) is 0 Å². The number of anilines is 1. The van der Waals surface area contributed by atoms with E-state index in [1.165, 1.54) is 0 Å². The van der Waals surface area contributed by atoms with Crippen LogP contribution in [-0.2, 0) is 0 Å². The number of nitrogens with one attached hydrogen (secondary N) is 2. The van der Waals surface area contributed by atoms with Gasteiger partial charge in [-0.2, -0.15) is 5.10 Å². The normalized spacial score (nSPS) is 10.5. The summed E-state index contributed by atoms with van der Waals surface area (Å²) < 4.78 is 1.03. The van der Waals surface area contributed by atoms with Crippen LogP contribution < -0.4 is 10.7 Å². The van der Waals surface area contributed by atoms with Gasteiger partial charge in [0.25, 0.3) is 0 Å². The van der Waals surface area contributed by atoms with Gasteiger partial charge in [-0.15, -0.1) is 0 Å². The molecule has 0 unspecified atom stereocenters. The summed E-state index contributed by atoms with van der Waals surface area (Å²) in [6.45, 7) is 0. The molecule has 0 heterocycles. The van der Waals surface area contributed by atoms with Crippen molar-refractivity contribution >= 4 is 56.8 Å². The summed E-state index contributed by atoms with van der Waals surface area (Å²) in [5.41, 5.74) is 4.46. The van der Waals surface area contributed by atoms with Crippen LogP contribution in [0.5, 0.6) is 0 Å². The monoisotopic (exact) mass is 367 g/mol. The topological polar surface area (TPSA) is 36.4 Å². The molecule has 6 heteroatoms. The van der Waals surface area contributed by atoms with Gasteiger partial charge in [0.2, 0.25) is 0 Å². The Morgan fingerprint density at radius 2 is 1.85 bits per heavy atom. The summed E-state index contributed by atoms with van der Waals surface area (Å²) in [6.07, 6.45) is 1.69. The van der Waals surface area contributed by atoms with Crippen molar-refractivity contribution < 1.29 is 0 Å². The van der Waals surface area contributed by atoms with Gasteiger partial charge in [-0.1, -0.05) is 51.8 Å². The van der Waals surface area contributed by atoms with E-state index in [0.29, 0.717) is 10.1 Å². The lowest BCUT2D eigenvalue weighted by atomic mass is 10.2. The lowest BCUT2D eigenvalue weighted by Crippen LogP contribution is -2.23. The Labute approximate surface area is 136 Å². The summed E-state index contributed by atoms with van der Waals surface area (Å²) in [4.78, 5) is 0. The maximum atomic E-state index is 6.02. The zero-order valence-corrected chi connectivity index (χ0v) is 13.5.